The Kier molecular flexibility index (Phi) is 3.33. The van der Waals surface area contributed by atoms with Gasteiger partial charge in [0.2, 0.25) is 0 Å². The Bertz CT molecular complexity index is 357. The minimum absolute atomic E-state index is 0.00328. The molecule has 2 rings (SSSR count). The number of nitrogens with one attached hydrogen (secondary N) is 2. The molecule has 1 saturated heterocycles. The fourth-order valence-electron chi connectivity index (χ4n) is 1.86. The molecular weight excluding hydrogens is 212 g/mol. The quantitative estimate of drug-likeness (QED) is 0.832. The third kappa shape index (κ3) is 2.66. The van der Waals surface area contributed by atoms with Gasteiger partial charge in [0.25, 0.3) is 6.43 Å². The molecule has 0 saturated carbocycles. The van der Waals surface area contributed by atoms with Crippen LogP contribution in [0.3, 0.4) is 0 Å². The minimum Gasteiger partial charge on any atom is -0.355 e. The van der Waals surface area contributed by atoms with Crippen LogP contribution in [0, 0.1) is 5.92 Å². The first-order valence-corrected chi connectivity index (χ1v) is 5.39. The SMILES string of the molecule is C[C@H]1CN[C@H](Nc2cc(C(F)F)ccn2)C1. The summed E-state index contributed by atoms with van der Waals surface area (Å²) in [6, 6.07) is 2.73. The highest BCUT2D eigenvalue weighted by atomic mass is 19.3. The third-order valence-corrected chi connectivity index (χ3v) is 2.71. The summed E-state index contributed by atoms with van der Waals surface area (Å²) in [5, 5.41) is 6.38. The van der Waals surface area contributed by atoms with Gasteiger partial charge in [-0.3, -0.25) is 5.32 Å². The van der Waals surface area contributed by atoms with Crippen LogP contribution in [0.25, 0.3) is 0 Å². The highest BCUT2D eigenvalue weighted by Gasteiger charge is 2.20. The Morgan fingerprint density at radius 2 is 2.38 bits per heavy atom. The van der Waals surface area contributed by atoms with Crippen molar-refractivity contribution >= 4 is 5.82 Å². The number of anilines is 1. The van der Waals surface area contributed by atoms with Crippen molar-refractivity contribution in [1.82, 2.24) is 10.3 Å². The molecule has 0 amide bonds. The lowest BCUT2D eigenvalue weighted by Gasteiger charge is -2.14. The number of pyridine rings is 1. The molecule has 2 atom stereocenters. The molecule has 0 aromatic carbocycles. The van der Waals surface area contributed by atoms with Crippen molar-refractivity contribution in [2.45, 2.75) is 25.9 Å². The van der Waals surface area contributed by atoms with Crippen molar-refractivity contribution in [3.63, 3.8) is 0 Å². The molecule has 2 heterocycles. The molecule has 1 aliphatic heterocycles. The number of alkyl halides is 2. The van der Waals surface area contributed by atoms with Gasteiger partial charge >= 0.3 is 0 Å². The normalized spacial score (nSPS) is 25.0. The Balaban J connectivity index is 2.01. The second kappa shape index (κ2) is 4.74. The van der Waals surface area contributed by atoms with Crippen LogP contribution in [0.1, 0.15) is 25.3 Å². The highest BCUT2D eigenvalue weighted by Crippen LogP contribution is 2.21. The molecule has 1 aliphatic rings. The van der Waals surface area contributed by atoms with Crippen molar-refractivity contribution in [2.24, 2.45) is 5.92 Å². The zero-order valence-electron chi connectivity index (χ0n) is 9.08. The molecule has 0 unspecified atom stereocenters. The van der Waals surface area contributed by atoms with Gasteiger partial charge in [-0.1, -0.05) is 6.92 Å². The van der Waals surface area contributed by atoms with Crippen LogP contribution in [0.2, 0.25) is 0 Å². The number of rotatable bonds is 3. The molecule has 0 bridgehead atoms. The van der Waals surface area contributed by atoms with E-state index >= 15 is 0 Å². The van der Waals surface area contributed by atoms with Crippen LogP contribution in [0.15, 0.2) is 18.3 Å². The average molecular weight is 227 g/mol. The van der Waals surface area contributed by atoms with Crippen molar-refractivity contribution in [1.29, 1.82) is 0 Å². The Morgan fingerprint density at radius 1 is 1.56 bits per heavy atom. The summed E-state index contributed by atoms with van der Waals surface area (Å²) in [6.45, 7) is 3.10. The maximum absolute atomic E-state index is 12.5. The predicted molar refractivity (Wildman–Crippen MR) is 58.4 cm³/mol. The molecular formula is C11H15F2N3. The molecule has 2 N–H and O–H groups in total. The fraction of sp³-hybridized carbons (Fsp3) is 0.545. The van der Waals surface area contributed by atoms with E-state index in [9.17, 15) is 8.78 Å². The van der Waals surface area contributed by atoms with Crippen molar-refractivity contribution in [3.8, 4) is 0 Å². The first kappa shape index (κ1) is 11.3. The van der Waals surface area contributed by atoms with Crippen LogP contribution in [0.5, 0.6) is 0 Å². The molecule has 0 aliphatic carbocycles. The summed E-state index contributed by atoms with van der Waals surface area (Å²) in [5.74, 6) is 1.11. The van der Waals surface area contributed by atoms with Crippen molar-refractivity contribution < 1.29 is 8.78 Å². The minimum atomic E-state index is -2.45. The predicted octanol–water partition coefficient (Wildman–Crippen LogP) is 2.39. The maximum atomic E-state index is 12.5. The van der Waals surface area contributed by atoms with Gasteiger partial charge < -0.3 is 5.32 Å². The van der Waals surface area contributed by atoms with E-state index in [0.717, 1.165) is 13.0 Å². The Hall–Kier alpha value is -1.23. The van der Waals surface area contributed by atoms with E-state index in [1.165, 1.54) is 18.3 Å². The molecule has 1 aromatic heterocycles. The van der Waals surface area contributed by atoms with Crippen molar-refractivity contribution in [3.05, 3.63) is 23.9 Å². The number of halogens is 2. The van der Waals surface area contributed by atoms with Gasteiger partial charge in [0.15, 0.2) is 0 Å². The summed E-state index contributed by atoms with van der Waals surface area (Å²) in [6.07, 6.45) is 0.0809. The fourth-order valence-corrected chi connectivity index (χ4v) is 1.86. The van der Waals surface area contributed by atoms with E-state index in [0.29, 0.717) is 11.7 Å². The summed E-state index contributed by atoms with van der Waals surface area (Å²) in [5.41, 5.74) is 0.00328. The number of hydrogen-bond donors (Lipinski definition) is 2. The lowest BCUT2D eigenvalue weighted by molar-refractivity contribution is 0.151. The molecule has 3 nitrogen and oxygen atoms in total. The molecule has 16 heavy (non-hydrogen) atoms. The van der Waals surface area contributed by atoms with E-state index in [2.05, 4.69) is 22.5 Å². The largest absolute Gasteiger partial charge is 0.355 e. The van der Waals surface area contributed by atoms with Gasteiger partial charge in [-0.25, -0.2) is 13.8 Å². The molecule has 88 valence electrons. The molecule has 5 heteroatoms. The van der Waals surface area contributed by atoms with E-state index in [1.807, 2.05) is 0 Å². The van der Waals surface area contributed by atoms with Crippen LogP contribution in [0.4, 0.5) is 14.6 Å². The Morgan fingerprint density at radius 3 is 3.00 bits per heavy atom. The number of hydrogen-bond acceptors (Lipinski definition) is 3. The van der Waals surface area contributed by atoms with Crippen LogP contribution >= 0.6 is 0 Å². The molecule has 1 fully saturated rings. The monoisotopic (exact) mass is 227 g/mol. The highest BCUT2D eigenvalue weighted by molar-refractivity contribution is 5.39. The van der Waals surface area contributed by atoms with E-state index in [-0.39, 0.29) is 11.7 Å². The first-order valence-electron chi connectivity index (χ1n) is 5.39. The third-order valence-electron chi connectivity index (χ3n) is 2.71. The first-order chi connectivity index (χ1) is 7.65. The van der Waals surface area contributed by atoms with Gasteiger partial charge in [0, 0.05) is 11.8 Å². The van der Waals surface area contributed by atoms with Crippen LogP contribution in [-0.2, 0) is 0 Å². The Labute approximate surface area is 93.3 Å². The summed E-state index contributed by atoms with van der Waals surface area (Å²) >= 11 is 0. The van der Waals surface area contributed by atoms with Gasteiger partial charge in [-0.05, 0) is 31.0 Å². The van der Waals surface area contributed by atoms with E-state index < -0.39 is 6.43 Å². The molecule has 0 radical (unpaired) electrons. The number of aromatic nitrogens is 1. The van der Waals surface area contributed by atoms with Gasteiger partial charge in [-0.15, -0.1) is 0 Å². The smallest absolute Gasteiger partial charge is 0.264 e. The van der Waals surface area contributed by atoms with Gasteiger partial charge in [0.05, 0.1) is 6.17 Å². The average Bonchev–Trinajstić information content (AvgIpc) is 2.64. The number of nitrogens with zero attached hydrogens (tertiary/aromatic N) is 1. The standard InChI is InChI=1S/C11H15F2N3/c1-7-4-9(15-6-7)16-10-5-8(11(12)13)2-3-14-10/h2-3,5,7,9,11,15H,4,6H2,1H3,(H,14,16)/t7-,9-/m1/s1. The second-order valence-electron chi connectivity index (χ2n) is 4.22. The summed E-state index contributed by atoms with van der Waals surface area (Å²) in [4.78, 5) is 4.03. The van der Waals surface area contributed by atoms with Crippen LogP contribution < -0.4 is 10.6 Å². The second-order valence-corrected chi connectivity index (χ2v) is 4.22. The zero-order valence-corrected chi connectivity index (χ0v) is 9.08. The lowest BCUT2D eigenvalue weighted by atomic mass is 10.1. The lowest BCUT2D eigenvalue weighted by Crippen LogP contribution is -2.30. The van der Waals surface area contributed by atoms with E-state index in [1.54, 1.807) is 0 Å². The zero-order chi connectivity index (χ0) is 11.5. The molecule has 1 aromatic rings. The van der Waals surface area contributed by atoms with E-state index in [4.69, 9.17) is 0 Å². The summed E-state index contributed by atoms with van der Waals surface area (Å²) < 4.78 is 24.9. The van der Waals surface area contributed by atoms with Crippen molar-refractivity contribution in [2.75, 3.05) is 11.9 Å². The van der Waals surface area contributed by atoms with Gasteiger partial charge in [0.1, 0.15) is 5.82 Å². The molecule has 0 spiro atoms. The topological polar surface area (TPSA) is 37.0 Å². The van der Waals surface area contributed by atoms with Gasteiger partial charge in [-0.2, -0.15) is 0 Å². The van der Waals surface area contributed by atoms with Crippen LogP contribution in [-0.4, -0.2) is 17.7 Å². The maximum Gasteiger partial charge on any atom is 0.264 e. The summed E-state index contributed by atoms with van der Waals surface area (Å²) in [7, 11) is 0.